The van der Waals surface area contributed by atoms with Crippen LogP contribution >= 0.6 is 0 Å². The Morgan fingerprint density at radius 1 is 1.19 bits per heavy atom. The van der Waals surface area contributed by atoms with Gasteiger partial charge in [-0.05, 0) is 30.7 Å². The van der Waals surface area contributed by atoms with E-state index in [1.165, 1.54) is 23.1 Å². The van der Waals surface area contributed by atoms with Gasteiger partial charge in [-0.15, -0.1) is 5.10 Å². The number of benzene rings is 1. The third kappa shape index (κ3) is 3.83. The van der Waals surface area contributed by atoms with E-state index in [2.05, 4.69) is 15.3 Å². The largest absolute Gasteiger partial charge is 0.487 e. The summed E-state index contributed by atoms with van der Waals surface area (Å²) < 4.78 is 46.2. The second-order valence-corrected chi connectivity index (χ2v) is 5.55. The summed E-state index contributed by atoms with van der Waals surface area (Å²) >= 11 is 0. The number of halogens is 3. The molecule has 9 heteroatoms. The summed E-state index contributed by atoms with van der Waals surface area (Å²) in [5.74, 6) is 0.768. The number of aliphatic hydroxyl groups is 1. The number of ether oxygens (including phenoxy) is 1. The molecule has 0 atom stereocenters. The zero-order valence-corrected chi connectivity index (χ0v) is 13.7. The molecule has 1 N–H and O–H groups in total. The fourth-order valence-electron chi connectivity index (χ4n) is 2.39. The molecule has 3 aromatic rings. The number of aromatic nitrogens is 4. The molecular formula is C17H15F3N4O2. The van der Waals surface area contributed by atoms with E-state index < -0.39 is 11.7 Å². The fraction of sp³-hybridized carbons (Fsp3) is 0.235. The van der Waals surface area contributed by atoms with Crippen LogP contribution in [-0.2, 0) is 19.4 Å². The summed E-state index contributed by atoms with van der Waals surface area (Å²) in [6.45, 7) is 1.15. The summed E-state index contributed by atoms with van der Waals surface area (Å²) in [5, 5.41) is 16.5. The van der Waals surface area contributed by atoms with Crippen molar-refractivity contribution in [2.75, 3.05) is 0 Å². The van der Waals surface area contributed by atoms with Crippen molar-refractivity contribution in [2.45, 2.75) is 26.3 Å². The molecule has 1 aromatic carbocycles. The Morgan fingerprint density at radius 2 is 2.00 bits per heavy atom. The second-order valence-electron chi connectivity index (χ2n) is 5.55. The van der Waals surface area contributed by atoms with E-state index >= 15 is 0 Å². The summed E-state index contributed by atoms with van der Waals surface area (Å²) in [4.78, 5) is 4.13. The third-order valence-electron chi connectivity index (χ3n) is 3.76. The van der Waals surface area contributed by atoms with Crippen molar-refractivity contribution in [3.8, 4) is 11.6 Å². The van der Waals surface area contributed by atoms with Crippen LogP contribution in [0, 0.1) is 6.92 Å². The van der Waals surface area contributed by atoms with E-state index in [4.69, 9.17) is 9.84 Å². The lowest BCUT2D eigenvalue weighted by atomic mass is 10.0. The number of alkyl halides is 3. The fourth-order valence-corrected chi connectivity index (χ4v) is 2.39. The highest BCUT2D eigenvalue weighted by molar-refractivity contribution is 5.36. The first-order valence-electron chi connectivity index (χ1n) is 7.65. The van der Waals surface area contributed by atoms with E-state index in [1.54, 1.807) is 25.1 Å². The summed E-state index contributed by atoms with van der Waals surface area (Å²) in [6, 6.07) is 7.19. The van der Waals surface area contributed by atoms with Crippen LogP contribution in [0.1, 0.15) is 22.4 Å². The van der Waals surface area contributed by atoms with Crippen LogP contribution in [0.2, 0.25) is 0 Å². The number of aryl methyl sites for hydroxylation is 1. The first kappa shape index (κ1) is 17.9. The van der Waals surface area contributed by atoms with Gasteiger partial charge in [-0.1, -0.05) is 17.3 Å². The molecule has 0 aliphatic heterocycles. The third-order valence-corrected chi connectivity index (χ3v) is 3.76. The van der Waals surface area contributed by atoms with Crippen LogP contribution < -0.4 is 4.74 Å². The van der Waals surface area contributed by atoms with Crippen molar-refractivity contribution in [1.82, 2.24) is 20.0 Å². The molecule has 0 saturated heterocycles. The topological polar surface area (TPSA) is 73.1 Å². The van der Waals surface area contributed by atoms with Gasteiger partial charge in [-0.3, -0.25) is 0 Å². The normalized spacial score (nSPS) is 11.6. The van der Waals surface area contributed by atoms with E-state index in [0.717, 1.165) is 6.07 Å². The number of hydrogen-bond acceptors (Lipinski definition) is 5. The molecule has 6 nitrogen and oxygen atoms in total. The van der Waals surface area contributed by atoms with Gasteiger partial charge in [0.15, 0.2) is 5.82 Å². The van der Waals surface area contributed by atoms with E-state index in [9.17, 15) is 13.2 Å². The predicted molar refractivity (Wildman–Crippen MR) is 85.6 cm³/mol. The Hall–Kier alpha value is -2.94. The molecule has 2 aromatic heterocycles. The highest BCUT2D eigenvalue weighted by Gasteiger charge is 2.33. The zero-order valence-electron chi connectivity index (χ0n) is 13.7. The highest BCUT2D eigenvalue weighted by Crippen LogP contribution is 2.33. The van der Waals surface area contributed by atoms with Crippen LogP contribution in [-0.4, -0.2) is 25.1 Å². The molecule has 0 amide bonds. The molecule has 26 heavy (non-hydrogen) atoms. The molecule has 0 fully saturated rings. The van der Waals surface area contributed by atoms with Gasteiger partial charge < -0.3 is 9.84 Å². The van der Waals surface area contributed by atoms with E-state index in [0.29, 0.717) is 22.8 Å². The highest BCUT2D eigenvalue weighted by atomic mass is 19.4. The number of pyridine rings is 1. The van der Waals surface area contributed by atoms with Crippen LogP contribution in [0.3, 0.4) is 0 Å². The summed E-state index contributed by atoms with van der Waals surface area (Å²) in [7, 11) is 0. The molecule has 0 saturated carbocycles. The average molecular weight is 364 g/mol. The zero-order chi connectivity index (χ0) is 18.7. The number of rotatable bonds is 5. The van der Waals surface area contributed by atoms with Crippen molar-refractivity contribution in [1.29, 1.82) is 0 Å². The molecular weight excluding hydrogens is 349 g/mol. The van der Waals surface area contributed by atoms with Crippen LogP contribution in [0.15, 0.2) is 42.7 Å². The lowest BCUT2D eigenvalue weighted by Crippen LogP contribution is -2.12. The van der Waals surface area contributed by atoms with Gasteiger partial charge >= 0.3 is 6.18 Å². The van der Waals surface area contributed by atoms with Crippen molar-refractivity contribution in [2.24, 2.45) is 0 Å². The molecule has 2 heterocycles. The van der Waals surface area contributed by atoms with Crippen molar-refractivity contribution < 1.29 is 23.0 Å². The van der Waals surface area contributed by atoms with Crippen molar-refractivity contribution in [3.63, 3.8) is 0 Å². The molecule has 0 aliphatic rings. The van der Waals surface area contributed by atoms with Gasteiger partial charge in [-0.2, -0.15) is 13.2 Å². The lowest BCUT2D eigenvalue weighted by molar-refractivity contribution is -0.138. The Morgan fingerprint density at radius 3 is 2.62 bits per heavy atom. The minimum Gasteiger partial charge on any atom is -0.487 e. The van der Waals surface area contributed by atoms with Crippen molar-refractivity contribution >= 4 is 0 Å². The smallest absolute Gasteiger partial charge is 0.416 e. The maximum absolute atomic E-state index is 13.1. The van der Waals surface area contributed by atoms with Gasteiger partial charge in [0.05, 0.1) is 24.6 Å². The minimum absolute atomic E-state index is 0.0907. The summed E-state index contributed by atoms with van der Waals surface area (Å²) in [6.07, 6.45) is -1.53. The van der Waals surface area contributed by atoms with Gasteiger partial charge in [0.25, 0.3) is 0 Å². The van der Waals surface area contributed by atoms with Crippen molar-refractivity contribution in [3.05, 3.63) is 65.1 Å². The Labute approximate surface area is 146 Å². The van der Waals surface area contributed by atoms with Gasteiger partial charge in [0, 0.05) is 5.56 Å². The average Bonchev–Trinajstić information content (AvgIpc) is 3.09. The Bertz CT molecular complexity index is 892. The number of aliphatic hydroxyl groups excluding tert-OH is 1. The maximum atomic E-state index is 13.1. The predicted octanol–water partition coefficient (Wildman–Crippen LogP) is 3.06. The Kier molecular flexibility index (Phi) is 4.90. The molecule has 0 aliphatic carbocycles. The summed E-state index contributed by atoms with van der Waals surface area (Å²) in [5.41, 5.74) is 0.282. The quantitative estimate of drug-likeness (QED) is 0.753. The van der Waals surface area contributed by atoms with Crippen LogP contribution in [0.4, 0.5) is 13.2 Å². The van der Waals surface area contributed by atoms with Gasteiger partial charge in [0.1, 0.15) is 18.1 Å². The maximum Gasteiger partial charge on any atom is 0.416 e. The minimum atomic E-state index is -4.44. The molecule has 0 bridgehead atoms. The van der Waals surface area contributed by atoms with E-state index in [1.807, 2.05) is 0 Å². The second kappa shape index (κ2) is 7.12. The van der Waals surface area contributed by atoms with E-state index in [-0.39, 0.29) is 18.8 Å². The first-order chi connectivity index (χ1) is 12.4. The molecule has 0 spiro atoms. The molecule has 136 valence electrons. The van der Waals surface area contributed by atoms with Crippen LogP contribution in [0.5, 0.6) is 5.75 Å². The first-order valence-corrected chi connectivity index (χ1v) is 7.65. The number of hydrogen-bond donors (Lipinski definition) is 1. The SMILES string of the molecule is Cc1cccc(C(F)(F)F)c1COc1ccc(-n2cc(CO)nn2)nc1. The van der Waals surface area contributed by atoms with Crippen LogP contribution in [0.25, 0.3) is 5.82 Å². The molecule has 0 radical (unpaired) electrons. The van der Waals surface area contributed by atoms with Gasteiger partial charge in [-0.25, -0.2) is 9.67 Å². The standard InChI is InChI=1S/C17H15F3N4O2/c1-11-3-2-4-15(17(18,19)20)14(11)10-26-13-5-6-16(21-7-13)24-8-12(9-25)22-23-24/h2-8,25H,9-10H2,1H3. The number of nitrogens with zero attached hydrogens (tertiary/aromatic N) is 4. The molecule has 0 unspecified atom stereocenters. The van der Waals surface area contributed by atoms with Gasteiger partial charge in [0.2, 0.25) is 0 Å². The lowest BCUT2D eigenvalue weighted by Gasteiger charge is -2.16. The monoisotopic (exact) mass is 364 g/mol. The molecule has 3 rings (SSSR count). The Balaban J connectivity index is 1.75.